The molecule has 0 aromatic rings. The van der Waals surface area contributed by atoms with Gasteiger partial charge < -0.3 is 10.1 Å². The highest BCUT2D eigenvalue weighted by Gasteiger charge is 2.13. The molecule has 4 nitrogen and oxygen atoms in total. The zero-order chi connectivity index (χ0) is 16.0. The van der Waals surface area contributed by atoms with E-state index in [-0.39, 0.29) is 0 Å². The van der Waals surface area contributed by atoms with Crippen LogP contribution in [0.3, 0.4) is 0 Å². The smallest absolute Gasteiger partial charge is 0.207 e. The molecule has 0 aliphatic carbocycles. The van der Waals surface area contributed by atoms with Crippen molar-refractivity contribution in [2.24, 2.45) is 11.3 Å². The van der Waals surface area contributed by atoms with Crippen LogP contribution in [-0.2, 0) is 9.53 Å². The summed E-state index contributed by atoms with van der Waals surface area (Å²) in [5.74, 6) is 0.799. The summed E-state index contributed by atoms with van der Waals surface area (Å²) in [5, 5.41) is 2.63. The largest absolute Gasteiger partial charge is 0.379 e. The number of rotatable bonds is 4. The normalized spacial score (nSPS) is 15.6. The van der Waals surface area contributed by atoms with Crippen LogP contribution < -0.4 is 5.32 Å². The molecule has 1 saturated heterocycles. The van der Waals surface area contributed by atoms with Gasteiger partial charge >= 0.3 is 0 Å². The second-order valence-electron chi connectivity index (χ2n) is 6.05. The first-order valence-electron chi connectivity index (χ1n) is 7.85. The number of carbonyl (C=O) groups excluding carboxylic acids is 1. The lowest BCUT2D eigenvalue weighted by Crippen LogP contribution is -2.40. The zero-order valence-corrected chi connectivity index (χ0v) is 14.7. The van der Waals surface area contributed by atoms with Gasteiger partial charge in [-0.15, -0.1) is 0 Å². The van der Waals surface area contributed by atoms with Crippen LogP contribution in [0.5, 0.6) is 0 Å². The quantitative estimate of drug-likeness (QED) is 0.639. The van der Waals surface area contributed by atoms with Gasteiger partial charge in [-0.05, 0) is 11.3 Å². The standard InChI is InChI=1S/C7H14N2O2.C7H16.C2H6/c10-7-8-1-2-9-3-5-11-6-4-9;1-6(2)7(3,4)5;1-2/h7H,1-6H2,(H,8,10);6H,1-5H3;1-2H3. The van der Waals surface area contributed by atoms with Crippen LogP contribution in [0.1, 0.15) is 48.5 Å². The summed E-state index contributed by atoms with van der Waals surface area (Å²) in [7, 11) is 0. The number of amides is 1. The van der Waals surface area contributed by atoms with Gasteiger partial charge in [-0.25, -0.2) is 0 Å². The zero-order valence-electron chi connectivity index (χ0n) is 14.7. The van der Waals surface area contributed by atoms with Crippen LogP contribution in [0.2, 0.25) is 0 Å². The molecule has 1 fully saturated rings. The second-order valence-corrected chi connectivity index (χ2v) is 6.05. The third-order valence-corrected chi connectivity index (χ3v) is 3.49. The Morgan fingerprint density at radius 3 is 2.00 bits per heavy atom. The maximum absolute atomic E-state index is 9.89. The van der Waals surface area contributed by atoms with E-state index in [4.69, 9.17) is 4.74 Å². The van der Waals surface area contributed by atoms with Crippen LogP contribution >= 0.6 is 0 Å². The molecule has 4 heteroatoms. The van der Waals surface area contributed by atoms with Crippen LogP contribution in [0.4, 0.5) is 0 Å². The summed E-state index contributed by atoms with van der Waals surface area (Å²) in [4.78, 5) is 12.2. The van der Waals surface area contributed by atoms with Crippen LogP contribution in [-0.4, -0.2) is 50.7 Å². The fourth-order valence-electron chi connectivity index (χ4n) is 1.11. The van der Waals surface area contributed by atoms with Crippen molar-refractivity contribution >= 4 is 6.41 Å². The van der Waals surface area contributed by atoms with Crippen molar-refractivity contribution in [2.45, 2.75) is 48.5 Å². The summed E-state index contributed by atoms with van der Waals surface area (Å²) in [6, 6.07) is 0. The average molecular weight is 288 g/mol. The third-order valence-electron chi connectivity index (χ3n) is 3.49. The summed E-state index contributed by atoms with van der Waals surface area (Å²) in [6.07, 6.45) is 0.737. The highest BCUT2D eigenvalue weighted by molar-refractivity contribution is 5.45. The molecule has 0 radical (unpaired) electrons. The predicted octanol–water partition coefficient (Wildman–Crippen LogP) is 2.78. The fraction of sp³-hybridized carbons (Fsp3) is 0.938. The van der Waals surface area contributed by atoms with Crippen molar-refractivity contribution < 1.29 is 9.53 Å². The molecule has 1 aliphatic heterocycles. The Labute approximate surface area is 126 Å². The topological polar surface area (TPSA) is 41.6 Å². The molecule has 0 atom stereocenters. The molecule has 122 valence electrons. The summed E-state index contributed by atoms with van der Waals surface area (Å²) in [5.41, 5.74) is 0.500. The van der Waals surface area contributed by atoms with Crippen molar-refractivity contribution in [1.82, 2.24) is 10.2 Å². The number of nitrogens with zero attached hydrogens (tertiary/aromatic N) is 1. The van der Waals surface area contributed by atoms with E-state index < -0.39 is 0 Å². The summed E-state index contributed by atoms with van der Waals surface area (Å²) in [6.45, 7) is 20.6. The minimum atomic E-state index is 0.500. The van der Waals surface area contributed by atoms with E-state index in [0.29, 0.717) is 5.41 Å². The molecule has 0 aromatic carbocycles. The predicted molar refractivity (Wildman–Crippen MR) is 87.0 cm³/mol. The van der Waals surface area contributed by atoms with Gasteiger partial charge in [0.25, 0.3) is 0 Å². The van der Waals surface area contributed by atoms with Crippen molar-refractivity contribution in [2.75, 3.05) is 39.4 Å². The van der Waals surface area contributed by atoms with Crippen LogP contribution in [0, 0.1) is 11.3 Å². The lowest BCUT2D eigenvalue weighted by molar-refractivity contribution is -0.109. The van der Waals surface area contributed by atoms with Crippen LogP contribution in [0.25, 0.3) is 0 Å². The van der Waals surface area contributed by atoms with Gasteiger partial charge in [0.1, 0.15) is 0 Å². The molecular formula is C16H36N2O2. The minimum Gasteiger partial charge on any atom is -0.379 e. The van der Waals surface area contributed by atoms with Crippen molar-refractivity contribution in [3.63, 3.8) is 0 Å². The molecule has 0 bridgehead atoms. The summed E-state index contributed by atoms with van der Waals surface area (Å²) >= 11 is 0. The Morgan fingerprint density at radius 2 is 1.65 bits per heavy atom. The molecule has 0 aromatic heterocycles. The maximum atomic E-state index is 9.89. The fourth-order valence-corrected chi connectivity index (χ4v) is 1.11. The molecule has 1 amide bonds. The number of carbonyl (C=O) groups is 1. The first-order valence-corrected chi connectivity index (χ1v) is 7.85. The van der Waals surface area contributed by atoms with Gasteiger partial charge in [-0.1, -0.05) is 48.5 Å². The van der Waals surface area contributed by atoms with Gasteiger partial charge in [-0.3, -0.25) is 9.69 Å². The first-order chi connectivity index (χ1) is 9.38. The highest BCUT2D eigenvalue weighted by atomic mass is 16.5. The third kappa shape index (κ3) is 13.8. The number of nitrogens with one attached hydrogen (secondary N) is 1. The van der Waals surface area contributed by atoms with E-state index >= 15 is 0 Å². The number of hydrogen-bond donors (Lipinski definition) is 1. The van der Waals surface area contributed by atoms with E-state index in [1.165, 1.54) is 0 Å². The van der Waals surface area contributed by atoms with Crippen molar-refractivity contribution in [3.8, 4) is 0 Å². The molecule has 1 aliphatic rings. The molecule has 1 N–H and O–H groups in total. The van der Waals surface area contributed by atoms with Gasteiger partial charge in [0.2, 0.25) is 6.41 Å². The lowest BCUT2D eigenvalue weighted by atomic mass is 9.84. The van der Waals surface area contributed by atoms with Gasteiger partial charge in [-0.2, -0.15) is 0 Å². The van der Waals surface area contributed by atoms with E-state index in [9.17, 15) is 4.79 Å². The monoisotopic (exact) mass is 288 g/mol. The molecular weight excluding hydrogens is 252 g/mol. The van der Waals surface area contributed by atoms with Gasteiger partial charge in [0.15, 0.2) is 0 Å². The number of ether oxygens (including phenoxy) is 1. The van der Waals surface area contributed by atoms with E-state index in [1.807, 2.05) is 13.8 Å². The Kier molecular flexibility index (Phi) is 14.5. The Bertz CT molecular complexity index is 207. The number of hydrogen-bond acceptors (Lipinski definition) is 3. The van der Waals surface area contributed by atoms with E-state index in [2.05, 4.69) is 44.8 Å². The molecule has 1 heterocycles. The Hall–Kier alpha value is -0.610. The highest BCUT2D eigenvalue weighted by Crippen LogP contribution is 2.23. The van der Waals surface area contributed by atoms with Crippen molar-refractivity contribution in [3.05, 3.63) is 0 Å². The van der Waals surface area contributed by atoms with Gasteiger partial charge in [0.05, 0.1) is 13.2 Å². The Balaban J connectivity index is 0. The molecule has 0 saturated carbocycles. The average Bonchev–Trinajstić information content (AvgIpc) is 2.42. The molecule has 0 spiro atoms. The minimum absolute atomic E-state index is 0.500. The van der Waals surface area contributed by atoms with E-state index in [0.717, 1.165) is 51.7 Å². The summed E-state index contributed by atoms with van der Waals surface area (Å²) < 4.78 is 5.17. The lowest BCUT2D eigenvalue weighted by Gasteiger charge is -2.26. The van der Waals surface area contributed by atoms with E-state index in [1.54, 1.807) is 0 Å². The Morgan fingerprint density at radius 1 is 1.20 bits per heavy atom. The number of morpholine rings is 1. The molecule has 20 heavy (non-hydrogen) atoms. The van der Waals surface area contributed by atoms with Gasteiger partial charge in [0, 0.05) is 26.2 Å². The molecule has 0 unspecified atom stereocenters. The SMILES string of the molecule is CC.CC(C)C(C)(C)C.O=CNCCN1CCOCC1. The molecule has 1 rings (SSSR count). The maximum Gasteiger partial charge on any atom is 0.207 e. The van der Waals surface area contributed by atoms with Crippen molar-refractivity contribution in [1.29, 1.82) is 0 Å². The second kappa shape index (κ2) is 13.4. The first kappa shape index (κ1) is 21.7. The van der Waals surface area contributed by atoms with Crippen LogP contribution in [0.15, 0.2) is 0 Å².